The maximum atomic E-state index is 4.60. The quantitative estimate of drug-likeness (QED) is 0.910. The number of nitrogens with zero attached hydrogens (tertiary/aromatic N) is 3. The third-order valence-electron chi connectivity index (χ3n) is 3.98. The van der Waals surface area contributed by atoms with Crippen LogP contribution in [0.5, 0.6) is 0 Å². The molecule has 1 aliphatic rings. The minimum Gasteiger partial charge on any atom is -0.366 e. The smallest absolute Gasteiger partial charge is 0.225 e. The van der Waals surface area contributed by atoms with Crippen molar-refractivity contribution in [2.45, 2.75) is 19.4 Å². The fourth-order valence-corrected chi connectivity index (χ4v) is 3.59. The number of likely N-dealkylation sites (tertiary alicyclic amines) is 1. The van der Waals surface area contributed by atoms with Gasteiger partial charge in [-0.2, -0.15) is 4.98 Å². The van der Waals surface area contributed by atoms with E-state index >= 15 is 0 Å². The molecule has 20 heavy (non-hydrogen) atoms. The summed E-state index contributed by atoms with van der Waals surface area (Å²) in [7, 11) is 4.05. The molecule has 0 aliphatic carbocycles. The number of anilines is 2. The second kappa shape index (κ2) is 5.54. The molecule has 2 aromatic heterocycles. The molecule has 0 spiro atoms. The standard InChI is InChI=1S/C14H21N5S/c1-9-8-19(3)6-4-11(9)16-12-10-5-7-20-13(10)18-14(15-2)17-12/h5,7,9,11H,4,6,8H2,1-3H3,(H2,15,16,17,18). The highest BCUT2D eigenvalue weighted by Gasteiger charge is 2.25. The summed E-state index contributed by atoms with van der Waals surface area (Å²) in [5.74, 6) is 2.26. The Labute approximate surface area is 123 Å². The Morgan fingerprint density at radius 2 is 2.25 bits per heavy atom. The number of fused-ring (bicyclic) bond motifs is 1. The molecule has 3 heterocycles. The van der Waals surface area contributed by atoms with Crippen molar-refractivity contribution in [3.05, 3.63) is 11.4 Å². The van der Waals surface area contributed by atoms with Crippen LogP contribution in [0.15, 0.2) is 11.4 Å². The highest BCUT2D eigenvalue weighted by atomic mass is 32.1. The van der Waals surface area contributed by atoms with Gasteiger partial charge in [-0.1, -0.05) is 6.92 Å². The van der Waals surface area contributed by atoms with Crippen LogP contribution in [0, 0.1) is 5.92 Å². The Kier molecular flexibility index (Phi) is 3.76. The number of hydrogen-bond acceptors (Lipinski definition) is 6. The summed E-state index contributed by atoms with van der Waals surface area (Å²) >= 11 is 1.65. The zero-order valence-corrected chi connectivity index (χ0v) is 13.0. The summed E-state index contributed by atoms with van der Waals surface area (Å²) in [4.78, 5) is 12.5. The zero-order valence-electron chi connectivity index (χ0n) is 12.2. The maximum Gasteiger partial charge on any atom is 0.225 e. The topological polar surface area (TPSA) is 53.1 Å². The molecule has 108 valence electrons. The number of piperidine rings is 1. The lowest BCUT2D eigenvalue weighted by molar-refractivity contribution is 0.206. The van der Waals surface area contributed by atoms with Crippen molar-refractivity contribution in [1.29, 1.82) is 0 Å². The predicted molar refractivity (Wildman–Crippen MR) is 85.7 cm³/mol. The first-order chi connectivity index (χ1) is 9.67. The highest BCUT2D eigenvalue weighted by molar-refractivity contribution is 7.16. The van der Waals surface area contributed by atoms with Crippen LogP contribution in [0.3, 0.4) is 0 Å². The van der Waals surface area contributed by atoms with Crippen LogP contribution in [-0.2, 0) is 0 Å². The third kappa shape index (κ3) is 2.58. The van der Waals surface area contributed by atoms with Crippen LogP contribution in [0.1, 0.15) is 13.3 Å². The van der Waals surface area contributed by atoms with E-state index in [9.17, 15) is 0 Å². The molecule has 1 saturated heterocycles. The molecule has 1 aliphatic heterocycles. The van der Waals surface area contributed by atoms with Gasteiger partial charge in [-0.15, -0.1) is 11.3 Å². The lowest BCUT2D eigenvalue weighted by Gasteiger charge is -2.35. The summed E-state index contributed by atoms with van der Waals surface area (Å²) in [6.45, 7) is 4.57. The molecule has 2 N–H and O–H groups in total. The van der Waals surface area contributed by atoms with E-state index in [-0.39, 0.29) is 0 Å². The van der Waals surface area contributed by atoms with Crippen molar-refractivity contribution in [3.8, 4) is 0 Å². The van der Waals surface area contributed by atoms with Gasteiger partial charge in [0.25, 0.3) is 0 Å². The number of rotatable bonds is 3. The Balaban J connectivity index is 1.88. The van der Waals surface area contributed by atoms with E-state index in [1.165, 1.54) is 0 Å². The van der Waals surface area contributed by atoms with Crippen molar-refractivity contribution >= 4 is 33.3 Å². The minimum atomic E-state index is 0.480. The van der Waals surface area contributed by atoms with E-state index in [1.807, 2.05) is 7.05 Å². The molecule has 2 unspecified atom stereocenters. The number of thiophene rings is 1. The minimum absolute atomic E-state index is 0.480. The molecule has 0 saturated carbocycles. The van der Waals surface area contributed by atoms with E-state index in [0.29, 0.717) is 17.9 Å². The number of nitrogens with one attached hydrogen (secondary N) is 2. The second-order valence-electron chi connectivity index (χ2n) is 5.56. The van der Waals surface area contributed by atoms with Crippen molar-refractivity contribution in [3.63, 3.8) is 0 Å². The number of aromatic nitrogens is 2. The first-order valence-corrected chi connectivity index (χ1v) is 7.93. The van der Waals surface area contributed by atoms with Gasteiger partial charge in [-0.3, -0.25) is 0 Å². The lowest BCUT2D eigenvalue weighted by Crippen LogP contribution is -2.43. The van der Waals surface area contributed by atoms with Gasteiger partial charge >= 0.3 is 0 Å². The lowest BCUT2D eigenvalue weighted by atomic mass is 9.94. The Hall–Kier alpha value is -1.40. The molecule has 0 radical (unpaired) electrons. The van der Waals surface area contributed by atoms with Crippen LogP contribution < -0.4 is 10.6 Å². The van der Waals surface area contributed by atoms with Crippen LogP contribution in [0.2, 0.25) is 0 Å². The highest BCUT2D eigenvalue weighted by Crippen LogP contribution is 2.28. The SMILES string of the molecule is CNc1nc(NC2CCN(C)CC2C)c2ccsc2n1. The summed E-state index contributed by atoms with van der Waals surface area (Å²) < 4.78 is 0. The molecule has 2 atom stereocenters. The fourth-order valence-electron chi connectivity index (χ4n) is 2.82. The first-order valence-electron chi connectivity index (χ1n) is 7.05. The number of hydrogen-bond donors (Lipinski definition) is 2. The molecule has 0 amide bonds. The third-order valence-corrected chi connectivity index (χ3v) is 4.79. The van der Waals surface area contributed by atoms with Crippen LogP contribution in [0.25, 0.3) is 10.2 Å². The first kappa shape index (κ1) is 13.6. The average Bonchev–Trinajstić information content (AvgIpc) is 2.90. The normalized spacial score (nSPS) is 23.9. The molecule has 6 heteroatoms. The molecular weight excluding hydrogens is 270 g/mol. The average molecular weight is 291 g/mol. The van der Waals surface area contributed by atoms with Crippen molar-refractivity contribution in [1.82, 2.24) is 14.9 Å². The van der Waals surface area contributed by atoms with Gasteiger partial charge in [-0.25, -0.2) is 4.98 Å². The maximum absolute atomic E-state index is 4.60. The van der Waals surface area contributed by atoms with Gasteiger partial charge in [0, 0.05) is 19.6 Å². The Bertz CT molecular complexity index is 596. The predicted octanol–water partition coefficient (Wildman–Crippen LogP) is 2.49. The molecule has 0 aromatic carbocycles. The van der Waals surface area contributed by atoms with E-state index in [1.54, 1.807) is 11.3 Å². The van der Waals surface area contributed by atoms with Crippen molar-refractivity contribution in [2.24, 2.45) is 5.92 Å². The van der Waals surface area contributed by atoms with E-state index in [4.69, 9.17) is 0 Å². The van der Waals surface area contributed by atoms with E-state index in [0.717, 1.165) is 35.5 Å². The van der Waals surface area contributed by atoms with Crippen LogP contribution in [0.4, 0.5) is 11.8 Å². The van der Waals surface area contributed by atoms with Gasteiger partial charge in [0.15, 0.2) is 0 Å². The second-order valence-corrected chi connectivity index (χ2v) is 6.46. The molecule has 0 bridgehead atoms. The summed E-state index contributed by atoms with van der Waals surface area (Å²) in [6, 6.07) is 2.58. The van der Waals surface area contributed by atoms with Crippen molar-refractivity contribution in [2.75, 3.05) is 37.8 Å². The fraction of sp³-hybridized carbons (Fsp3) is 0.571. The summed E-state index contributed by atoms with van der Waals surface area (Å²) in [5.41, 5.74) is 0. The van der Waals surface area contributed by atoms with Crippen LogP contribution >= 0.6 is 11.3 Å². The van der Waals surface area contributed by atoms with Gasteiger partial charge < -0.3 is 15.5 Å². The molecule has 5 nitrogen and oxygen atoms in total. The largest absolute Gasteiger partial charge is 0.366 e. The molecule has 1 fully saturated rings. The molecule has 2 aromatic rings. The summed E-state index contributed by atoms with van der Waals surface area (Å²) in [6.07, 6.45) is 1.15. The zero-order chi connectivity index (χ0) is 14.1. The monoisotopic (exact) mass is 291 g/mol. The van der Waals surface area contributed by atoms with Gasteiger partial charge in [0.05, 0.1) is 5.39 Å². The van der Waals surface area contributed by atoms with E-state index < -0.39 is 0 Å². The Morgan fingerprint density at radius 1 is 1.40 bits per heavy atom. The van der Waals surface area contributed by atoms with Gasteiger partial charge in [0.2, 0.25) is 5.95 Å². The van der Waals surface area contributed by atoms with Crippen molar-refractivity contribution < 1.29 is 0 Å². The van der Waals surface area contributed by atoms with Gasteiger partial charge in [-0.05, 0) is 37.4 Å². The molecule has 3 rings (SSSR count). The molecular formula is C14H21N5S. The Morgan fingerprint density at radius 3 is 3.00 bits per heavy atom. The van der Waals surface area contributed by atoms with Gasteiger partial charge in [0.1, 0.15) is 10.6 Å². The van der Waals surface area contributed by atoms with E-state index in [2.05, 4.69) is 50.9 Å². The summed E-state index contributed by atoms with van der Waals surface area (Å²) in [5, 5.41) is 9.88. The van der Waals surface area contributed by atoms with Crippen LogP contribution in [-0.4, -0.2) is 48.1 Å².